The van der Waals surface area contributed by atoms with E-state index in [0.29, 0.717) is 5.75 Å². The summed E-state index contributed by atoms with van der Waals surface area (Å²) in [6.07, 6.45) is 0. The lowest BCUT2D eigenvalue weighted by Crippen LogP contribution is -2.03. The van der Waals surface area contributed by atoms with Crippen LogP contribution in [0.1, 0.15) is 11.1 Å². The third kappa shape index (κ3) is 3.17. The molecule has 4 heteroatoms. The van der Waals surface area contributed by atoms with Gasteiger partial charge in [0.15, 0.2) is 0 Å². The van der Waals surface area contributed by atoms with Crippen LogP contribution in [0.5, 0.6) is 5.75 Å². The van der Waals surface area contributed by atoms with E-state index in [2.05, 4.69) is 4.74 Å². The van der Waals surface area contributed by atoms with Crippen LogP contribution >= 0.6 is 11.8 Å². The monoisotopic (exact) mass is 240 g/mol. The molecule has 0 heterocycles. The molecule has 0 saturated carbocycles. The van der Waals surface area contributed by atoms with Crippen molar-refractivity contribution in [3.63, 3.8) is 0 Å². The predicted molar refractivity (Wildman–Crippen MR) is 65.2 cm³/mol. The van der Waals surface area contributed by atoms with E-state index in [-0.39, 0.29) is 5.97 Å². The molecule has 0 bridgehead atoms. The van der Waals surface area contributed by atoms with Gasteiger partial charge in [-0.2, -0.15) is 0 Å². The summed E-state index contributed by atoms with van der Waals surface area (Å²) < 4.78 is 9.87. The Hall–Kier alpha value is -1.16. The molecule has 1 aromatic carbocycles. The van der Waals surface area contributed by atoms with Crippen molar-refractivity contribution in [1.29, 1.82) is 0 Å². The minimum absolute atomic E-state index is 0.231. The van der Waals surface area contributed by atoms with Crippen LogP contribution in [-0.2, 0) is 9.53 Å². The van der Waals surface area contributed by atoms with Crippen molar-refractivity contribution >= 4 is 17.7 Å². The average molecular weight is 240 g/mol. The lowest BCUT2D eigenvalue weighted by molar-refractivity contribution is -0.137. The summed E-state index contributed by atoms with van der Waals surface area (Å²) in [4.78, 5) is 12.0. The van der Waals surface area contributed by atoms with Crippen molar-refractivity contribution in [2.45, 2.75) is 18.7 Å². The highest BCUT2D eigenvalue weighted by molar-refractivity contribution is 8.00. The Labute approximate surface area is 100 Å². The Kier molecular flexibility index (Phi) is 4.68. The molecule has 0 aliphatic heterocycles. The predicted octanol–water partition coefficient (Wildman–Crippen LogP) is 2.58. The van der Waals surface area contributed by atoms with Crippen LogP contribution in [0, 0.1) is 13.8 Å². The first-order valence-corrected chi connectivity index (χ1v) is 5.92. The van der Waals surface area contributed by atoms with Crippen molar-refractivity contribution in [3.8, 4) is 5.75 Å². The summed E-state index contributed by atoms with van der Waals surface area (Å²) in [7, 11) is 3.02. The Balaban J connectivity index is 2.86. The Morgan fingerprint density at radius 2 is 1.88 bits per heavy atom. The van der Waals surface area contributed by atoms with Gasteiger partial charge in [-0.05, 0) is 37.1 Å². The lowest BCUT2D eigenvalue weighted by atomic mass is 10.1. The Bertz CT molecular complexity index is 388. The van der Waals surface area contributed by atoms with Crippen LogP contribution < -0.4 is 4.74 Å². The number of benzene rings is 1. The molecule has 0 saturated heterocycles. The normalized spacial score (nSPS) is 10.0. The third-order valence-corrected chi connectivity index (χ3v) is 3.36. The molecule has 0 radical (unpaired) electrons. The van der Waals surface area contributed by atoms with Gasteiger partial charge in [0.2, 0.25) is 0 Å². The number of carbonyl (C=O) groups is 1. The number of hydrogen-bond acceptors (Lipinski definition) is 4. The van der Waals surface area contributed by atoms with Crippen LogP contribution in [0.25, 0.3) is 0 Å². The first kappa shape index (κ1) is 12.9. The number of esters is 1. The first-order valence-electron chi connectivity index (χ1n) is 4.93. The van der Waals surface area contributed by atoms with Gasteiger partial charge < -0.3 is 9.47 Å². The Morgan fingerprint density at radius 3 is 2.44 bits per heavy atom. The molecule has 0 fully saturated rings. The van der Waals surface area contributed by atoms with E-state index < -0.39 is 0 Å². The van der Waals surface area contributed by atoms with Crippen molar-refractivity contribution in [3.05, 3.63) is 23.3 Å². The van der Waals surface area contributed by atoms with Crippen molar-refractivity contribution in [2.24, 2.45) is 0 Å². The van der Waals surface area contributed by atoms with E-state index in [1.165, 1.54) is 30.0 Å². The number of rotatable bonds is 4. The van der Waals surface area contributed by atoms with Gasteiger partial charge in [0.1, 0.15) is 5.75 Å². The number of hydrogen-bond donors (Lipinski definition) is 0. The van der Waals surface area contributed by atoms with Crippen LogP contribution in [-0.4, -0.2) is 25.9 Å². The van der Waals surface area contributed by atoms with Crippen LogP contribution in [0.2, 0.25) is 0 Å². The zero-order valence-electron chi connectivity index (χ0n) is 9.99. The van der Waals surface area contributed by atoms with Crippen LogP contribution in [0.4, 0.5) is 0 Å². The van der Waals surface area contributed by atoms with Crippen molar-refractivity contribution in [2.75, 3.05) is 20.0 Å². The molecular formula is C12H16O3S. The number of ether oxygens (including phenoxy) is 2. The van der Waals surface area contributed by atoms with Gasteiger partial charge in [-0.3, -0.25) is 4.79 Å². The van der Waals surface area contributed by atoms with Crippen molar-refractivity contribution in [1.82, 2.24) is 0 Å². The molecule has 1 aromatic rings. The maximum atomic E-state index is 11.1. The smallest absolute Gasteiger partial charge is 0.315 e. The minimum Gasteiger partial charge on any atom is -0.496 e. The third-order valence-electron chi connectivity index (χ3n) is 2.35. The maximum Gasteiger partial charge on any atom is 0.315 e. The molecular weight excluding hydrogens is 224 g/mol. The molecule has 16 heavy (non-hydrogen) atoms. The lowest BCUT2D eigenvalue weighted by Gasteiger charge is -2.10. The standard InChI is InChI=1S/C12H16O3S/c1-8-5-10(14-3)11(6-9(8)2)16-7-12(13)15-4/h5-6H,7H2,1-4H3. The quantitative estimate of drug-likeness (QED) is 0.598. The van der Waals surface area contributed by atoms with Gasteiger partial charge in [-0.1, -0.05) is 0 Å². The fourth-order valence-electron chi connectivity index (χ4n) is 1.23. The zero-order valence-corrected chi connectivity index (χ0v) is 10.8. The van der Waals surface area contributed by atoms with Gasteiger partial charge in [0.05, 0.1) is 24.9 Å². The zero-order chi connectivity index (χ0) is 12.1. The average Bonchev–Trinajstić information content (AvgIpc) is 2.29. The van der Waals surface area contributed by atoms with E-state index in [4.69, 9.17) is 4.74 Å². The highest BCUT2D eigenvalue weighted by atomic mass is 32.2. The van der Waals surface area contributed by atoms with Gasteiger partial charge in [-0.15, -0.1) is 11.8 Å². The number of thioether (sulfide) groups is 1. The molecule has 0 aliphatic carbocycles. The van der Waals surface area contributed by atoms with Crippen LogP contribution in [0.3, 0.4) is 0 Å². The molecule has 1 rings (SSSR count). The van der Waals surface area contributed by atoms with Crippen LogP contribution in [0.15, 0.2) is 17.0 Å². The molecule has 0 aromatic heterocycles. The highest BCUT2D eigenvalue weighted by Crippen LogP contribution is 2.31. The molecule has 0 unspecified atom stereocenters. The summed E-state index contributed by atoms with van der Waals surface area (Å²) in [5.41, 5.74) is 2.37. The summed E-state index contributed by atoms with van der Waals surface area (Å²) in [6.45, 7) is 4.07. The molecule has 88 valence electrons. The summed E-state index contributed by atoms with van der Waals surface area (Å²) in [5.74, 6) is 0.873. The second kappa shape index (κ2) is 5.80. The van der Waals surface area contributed by atoms with Gasteiger partial charge in [-0.25, -0.2) is 0 Å². The second-order valence-corrected chi connectivity index (χ2v) is 4.47. The summed E-state index contributed by atoms with van der Waals surface area (Å²) >= 11 is 1.43. The molecule has 3 nitrogen and oxygen atoms in total. The summed E-state index contributed by atoms with van der Waals surface area (Å²) in [5, 5.41) is 0. The van der Waals surface area contributed by atoms with E-state index in [9.17, 15) is 4.79 Å². The van der Waals surface area contributed by atoms with Gasteiger partial charge in [0, 0.05) is 0 Å². The number of carbonyl (C=O) groups excluding carboxylic acids is 1. The maximum absolute atomic E-state index is 11.1. The van der Waals surface area contributed by atoms with Gasteiger partial charge >= 0.3 is 5.97 Å². The van der Waals surface area contributed by atoms with Crippen molar-refractivity contribution < 1.29 is 14.3 Å². The first-order chi connectivity index (χ1) is 7.58. The Morgan fingerprint density at radius 1 is 1.25 bits per heavy atom. The SMILES string of the molecule is COC(=O)CSc1cc(C)c(C)cc1OC. The number of methoxy groups -OCH3 is 2. The molecule has 0 aliphatic rings. The summed E-state index contributed by atoms with van der Waals surface area (Å²) in [6, 6.07) is 4.01. The molecule has 0 N–H and O–H groups in total. The molecule has 0 atom stereocenters. The van der Waals surface area contributed by atoms with E-state index in [1.54, 1.807) is 7.11 Å². The fourth-order valence-corrected chi connectivity index (χ4v) is 2.17. The van der Waals surface area contributed by atoms with Gasteiger partial charge in [0.25, 0.3) is 0 Å². The molecule has 0 spiro atoms. The second-order valence-electron chi connectivity index (χ2n) is 3.45. The van der Waals surface area contributed by atoms with E-state index in [0.717, 1.165) is 10.6 Å². The fraction of sp³-hybridized carbons (Fsp3) is 0.417. The van der Waals surface area contributed by atoms with E-state index >= 15 is 0 Å². The number of aryl methyl sites for hydroxylation is 2. The minimum atomic E-state index is -0.231. The topological polar surface area (TPSA) is 35.5 Å². The highest BCUT2D eigenvalue weighted by Gasteiger charge is 2.09. The largest absolute Gasteiger partial charge is 0.496 e. The van der Waals surface area contributed by atoms with E-state index in [1.807, 2.05) is 26.0 Å². The molecule has 0 amide bonds.